The minimum atomic E-state index is 0.491. The minimum Gasteiger partial charge on any atom is -0.493 e. The van der Waals surface area contributed by atoms with Gasteiger partial charge in [0.05, 0.1) is 26.2 Å². The standard InChI is InChI=1S/C30H44NO/c1-26-13-12-14-27(2)29(26)32-24-20-30(17-8-9-18-30)19-23-31(21-10-3-4-11-22-31)25-28-15-6-5-7-16-28/h5-7,12-16H,3-4,8-11,17-25H2,1-2H3/q+1. The van der Waals surface area contributed by atoms with Gasteiger partial charge in [-0.15, -0.1) is 0 Å². The number of likely N-dealkylation sites (tertiary alicyclic amines) is 1. The van der Waals surface area contributed by atoms with Crippen molar-refractivity contribution >= 4 is 0 Å². The molecule has 0 radical (unpaired) electrons. The zero-order valence-electron chi connectivity index (χ0n) is 20.6. The van der Waals surface area contributed by atoms with Crippen molar-refractivity contribution in [3.8, 4) is 5.75 Å². The first kappa shape index (κ1) is 23.4. The van der Waals surface area contributed by atoms with Gasteiger partial charge >= 0.3 is 0 Å². The summed E-state index contributed by atoms with van der Waals surface area (Å²) in [6.07, 6.45) is 13.8. The van der Waals surface area contributed by atoms with Crippen LogP contribution in [0.3, 0.4) is 0 Å². The van der Waals surface area contributed by atoms with Crippen LogP contribution < -0.4 is 4.74 Å². The van der Waals surface area contributed by atoms with Crippen molar-refractivity contribution in [1.29, 1.82) is 0 Å². The number of para-hydroxylation sites is 1. The van der Waals surface area contributed by atoms with Crippen LogP contribution >= 0.6 is 0 Å². The van der Waals surface area contributed by atoms with E-state index >= 15 is 0 Å². The van der Waals surface area contributed by atoms with Gasteiger partial charge in [-0.1, -0.05) is 61.4 Å². The summed E-state index contributed by atoms with van der Waals surface area (Å²) in [7, 11) is 0. The molecule has 32 heavy (non-hydrogen) atoms. The predicted molar refractivity (Wildman–Crippen MR) is 135 cm³/mol. The molecule has 1 aliphatic heterocycles. The lowest BCUT2D eigenvalue weighted by Crippen LogP contribution is -2.50. The highest BCUT2D eigenvalue weighted by molar-refractivity contribution is 5.39. The Hall–Kier alpha value is -1.80. The molecule has 1 aliphatic carbocycles. The molecule has 0 unspecified atom stereocenters. The zero-order chi connectivity index (χ0) is 22.3. The monoisotopic (exact) mass is 434 g/mol. The topological polar surface area (TPSA) is 9.23 Å². The Balaban J connectivity index is 1.42. The Morgan fingerprint density at radius 1 is 0.750 bits per heavy atom. The Labute approximate surface area is 196 Å². The summed E-state index contributed by atoms with van der Waals surface area (Å²) in [4.78, 5) is 0. The maximum atomic E-state index is 6.38. The van der Waals surface area contributed by atoms with Crippen molar-refractivity contribution in [2.75, 3.05) is 26.2 Å². The summed E-state index contributed by atoms with van der Waals surface area (Å²) in [6, 6.07) is 17.7. The molecule has 2 aliphatic rings. The van der Waals surface area contributed by atoms with Crippen LogP contribution in [0.25, 0.3) is 0 Å². The maximum absolute atomic E-state index is 6.38. The summed E-state index contributed by atoms with van der Waals surface area (Å²) in [5, 5.41) is 0. The summed E-state index contributed by atoms with van der Waals surface area (Å²) in [5.74, 6) is 1.11. The van der Waals surface area contributed by atoms with Crippen molar-refractivity contribution in [1.82, 2.24) is 0 Å². The van der Waals surface area contributed by atoms with Gasteiger partial charge in [-0.05, 0) is 75.3 Å². The molecule has 1 saturated heterocycles. The molecule has 2 heteroatoms. The minimum absolute atomic E-state index is 0.491. The van der Waals surface area contributed by atoms with Gasteiger partial charge in [0.25, 0.3) is 0 Å². The molecule has 0 bridgehead atoms. The molecular formula is C30H44NO+. The zero-order valence-corrected chi connectivity index (χ0v) is 20.6. The van der Waals surface area contributed by atoms with Crippen molar-refractivity contribution in [2.45, 2.75) is 84.6 Å². The quantitative estimate of drug-likeness (QED) is 0.369. The highest BCUT2D eigenvalue weighted by Gasteiger charge is 2.38. The molecule has 1 heterocycles. The van der Waals surface area contributed by atoms with Gasteiger partial charge in [0, 0.05) is 12.0 Å². The molecule has 0 atom stereocenters. The summed E-state index contributed by atoms with van der Waals surface area (Å²) >= 11 is 0. The van der Waals surface area contributed by atoms with E-state index in [1.165, 1.54) is 112 Å². The molecule has 0 amide bonds. The van der Waals surface area contributed by atoms with Crippen LogP contribution in [-0.4, -0.2) is 30.7 Å². The number of nitrogens with zero attached hydrogens (tertiary/aromatic N) is 1. The molecule has 4 rings (SSSR count). The highest BCUT2D eigenvalue weighted by atomic mass is 16.5. The Bertz CT molecular complexity index is 809. The van der Waals surface area contributed by atoms with Crippen LogP contribution in [0.2, 0.25) is 0 Å². The normalized spacial score (nSPS) is 20.1. The van der Waals surface area contributed by atoms with Crippen LogP contribution in [0.5, 0.6) is 5.75 Å². The summed E-state index contributed by atoms with van der Waals surface area (Å²) < 4.78 is 7.69. The number of ether oxygens (including phenoxy) is 1. The van der Waals surface area contributed by atoms with Gasteiger partial charge in [-0.3, -0.25) is 0 Å². The van der Waals surface area contributed by atoms with E-state index in [9.17, 15) is 0 Å². The first-order valence-electron chi connectivity index (χ1n) is 13.2. The molecular weight excluding hydrogens is 390 g/mol. The van der Waals surface area contributed by atoms with Gasteiger partial charge in [0.2, 0.25) is 0 Å². The van der Waals surface area contributed by atoms with Crippen LogP contribution in [-0.2, 0) is 6.54 Å². The number of hydrogen-bond donors (Lipinski definition) is 0. The lowest BCUT2D eigenvalue weighted by molar-refractivity contribution is -0.941. The maximum Gasteiger partial charge on any atom is 0.125 e. The van der Waals surface area contributed by atoms with E-state index < -0.39 is 0 Å². The summed E-state index contributed by atoms with van der Waals surface area (Å²) in [5.41, 5.74) is 4.54. The van der Waals surface area contributed by atoms with Crippen molar-refractivity contribution in [3.05, 3.63) is 65.2 Å². The fourth-order valence-electron chi connectivity index (χ4n) is 6.41. The number of rotatable bonds is 9. The van der Waals surface area contributed by atoms with E-state index in [0.29, 0.717) is 5.41 Å². The largest absolute Gasteiger partial charge is 0.493 e. The molecule has 174 valence electrons. The number of quaternary nitrogens is 1. The second-order valence-electron chi connectivity index (χ2n) is 10.8. The van der Waals surface area contributed by atoms with Gasteiger partial charge in [0.15, 0.2) is 0 Å². The van der Waals surface area contributed by atoms with E-state index in [1.807, 2.05) is 0 Å². The lowest BCUT2D eigenvalue weighted by atomic mass is 9.79. The van der Waals surface area contributed by atoms with Gasteiger partial charge in [-0.25, -0.2) is 0 Å². The lowest BCUT2D eigenvalue weighted by Gasteiger charge is -2.41. The van der Waals surface area contributed by atoms with Crippen LogP contribution in [0.15, 0.2) is 48.5 Å². The third-order valence-electron chi connectivity index (χ3n) is 8.44. The molecule has 2 nitrogen and oxygen atoms in total. The second-order valence-corrected chi connectivity index (χ2v) is 10.8. The SMILES string of the molecule is Cc1cccc(C)c1OCCC1(CC[N+]2(Cc3ccccc3)CCCCCC2)CCCC1. The van der Waals surface area contributed by atoms with Crippen LogP contribution in [0.1, 0.15) is 80.9 Å². The second kappa shape index (κ2) is 10.9. The molecule has 1 saturated carbocycles. The molecule has 0 aromatic heterocycles. The average molecular weight is 435 g/mol. The van der Waals surface area contributed by atoms with Gasteiger partial charge in [0.1, 0.15) is 12.3 Å². The van der Waals surface area contributed by atoms with Crippen LogP contribution in [0.4, 0.5) is 0 Å². The van der Waals surface area contributed by atoms with Crippen molar-refractivity contribution < 1.29 is 9.22 Å². The van der Waals surface area contributed by atoms with Gasteiger partial charge in [-0.2, -0.15) is 0 Å². The third-order valence-corrected chi connectivity index (χ3v) is 8.44. The van der Waals surface area contributed by atoms with Crippen molar-refractivity contribution in [2.24, 2.45) is 5.41 Å². The average Bonchev–Trinajstić information content (AvgIpc) is 3.14. The van der Waals surface area contributed by atoms with E-state index in [1.54, 1.807) is 0 Å². The molecule has 0 N–H and O–H groups in total. The summed E-state index contributed by atoms with van der Waals surface area (Å²) in [6.45, 7) is 10.5. The Morgan fingerprint density at radius 2 is 1.41 bits per heavy atom. The van der Waals surface area contributed by atoms with Crippen LogP contribution in [0, 0.1) is 19.3 Å². The first-order chi connectivity index (χ1) is 15.6. The predicted octanol–water partition coefficient (Wildman–Crippen LogP) is 7.61. The van der Waals surface area contributed by atoms with E-state index in [-0.39, 0.29) is 0 Å². The van der Waals surface area contributed by atoms with Crippen molar-refractivity contribution in [3.63, 3.8) is 0 Å². The first-order valence-corrected chi connectivity index (χ1v) is 13.2. The Morgan fingerprint density at radius 3 is 2.06 bits per heavy atom. The molecule has 2 aromatic carbocycles. The molecule has 2 fully saturated rings. The Kier molecular flexibility index (Phi) is 7.94. The van der Waals surface area contributed by atoms with E-state index in [0.717, 1.165) is 12.4 Å². The van der Waals surface area contributed by atoms with Gasteiger partial charge < -0.3 is 9.22 Å². The molecule has 2 aromatic rings. The number of aryl methyl sites for hydroxylation is 2. The fraction of sp³-hybridized carbons (Fsp3) is 0.600. The number of benzene rings is 2. The fourth-order valence-corrected chi connectivity index (χ4v) is 6.41. The highest BCUT2D eigenvalue weighted by Crippen LogP contribution is 2.45. The third kappa shape index (κ3) is 5.95. The van der Waals surface area contributed by atoms with E-state index in [2.05, 4.69) is 62.4 Å². The molecule has 0 spiro atoms. The van der Waals surface area contributed by atoms with E-state index in [4.69, 9.17) is 4.74 Å². The number of hydrogen-bond acceptors (Lipinski definition) is 1. The smallest absolute Gasteiger partial charge is 0.125 e.